The van der Waals surface area contributed by atoms with Gasteiger partial charge in [0.25, 0.3) is 0 Å². The number of likely N-dealkylation sites (N-methyl/N-ethyl adjacent to an activating group) is 1. The molecule has 5 nitrogen and oxygen atoms in total. The SMILES string of the molecule is CC.CNN(C)CC(O)CNC(C)=O. The zero-order valence-corrected chi connectivity index (χ0v) is 9.79. The lowest BCUT2D eigenvalue weighted by atomic mass is 10.3. The molecule has 0 bridgehead atoms. The van der Waals surface area contributed by atoms with Crippen molar-refractivity contribution in [3.8, 4) is 0 Å². The van der Waals surface area contributed by atoms with Gasteiger partial charge in [0.15, 0.2) is 0 Å². The van der Waals surface area contributed by atoms with E-state index in [0.29, 0.717) is 13.1 Å². The number of aliphatic hydroxyl groups excluding tert-OH is 1. The molecular weight excluding hydrogens is 182 g/mol. The van der Waals surface area contributed by atoms with Crippen LogP contribution in [0.25, 0.3) is 0 Å². The Balaban J connectivity index is 0. The minimum atomic E-state index is -0.536. The van der Waals surface area contributed by atoms with Crippen LogP contribution in [0.1, 0.15) is 20.8 Å². The summed E-state index contributed by atoms with van der Waals surface area (Å²) in [4.78, 5) is 10.5. The van der Waals surface area contributed by atoms with Crippen molar-refractivity contribution in [3.63, 3.8) is 0 Å². The van der Waals surface area contributed by atoms with Crippen molar-refractivity contribution >= 4 is 5.91 Å². The Morgan fingerprint density at radius 1 is 1.50 bits per heavy atom. The van der Waals surface area contributed by atoms with Crippen LogP contribution in [0.2, 0.25) is 0 Å². The Morgan fingerprint density at radius 2 is 2.00 bits per heavy atom. The minimum absolute atomic E-state index is 0.124. The maximum atomic E-state index is 10.5. The first-order chi connectivity index (χ1) is 6.56. The molecule has 5 heteroatoms. The molecule has 0 rings (SSSR count). The number of nitrogens with one attached hydrogen (secondary N) is 2. The van der Waals surface area contributed by atoms with Gasteiger partial charge in [-0.05, 0) is 7.05 Å². The number of hydrogen-bond acceptors (Lipinski definition) is 4. The van der Waals surface area contributed by atoms with Gasteiger partial charge in [0.2, 0.25) is 5.91 Å². The maximum absolute atomic E-state index is 10.5. The summed E-state index contributed by atoms with van der Waals surface area (Å²) >= 11 is 0. The molecule has 1 unspecified atom stereocenters. The zero-order valence-electron chi connectivity index (χ0n) is 9.79. The molecule has 0 heterocycles. The third kappa shape index (κ3) is 11.4. The topological polar surface area (TPSA) is 64.6 Å². The monoisotopic (exact) mass is 205 g/mol. The Kier molecular flexibility index (Phi) is 11.8. The fourth-order valence-corrected chi connectivity index (χ4v) is 0.734. The smallest absolute Gasteiger partial charge is 0.216 e. The fraction of sp³-hybridized carbons (Fsp3) is 0.889. The first kappa shape index (κ1) is 15.8. The van der Waals surface area contributed by atoms with Gasteiger partial charge < -0.3 is 10.4 Å². The van der Waals surface area contributed by atoms with E-state index in [-0.39, 0.29) is 5.91 Å². The Labute approximate surface area is 86.5 Å². The lowest BCUT2D eigenvalue weighted by molar-refractivity contribution is -0.119. The summed E-state index contributed by atoms with van der Waals surface area (Å²) in [5.74, 6) is -0.124. The Hall–Kier alpha value is -0.650. The quantitative estimate of drug-likeness (QED) is 0.533. The van der Waals surface area contributed by atoms with Crippen LogP contribution < -0.4 is 10.7 Å². The summed E-state index contributed by atoms with van der Waals surface area (Å²) < 4.78 is 0. The number of hydrazine groups is 1. The van der Waals surface area contributed by atoms with E-state index in [1.165, 1.54) is 6.92 Å². The van der Waals surface area contributed by atoms with E-state index in [1.54, 1.807) is 12.1 Å². The van der Waals surface area contributed by atoms with E-state index >= 15 is 0 Å². The summed E-state index contributed by atoms with van der Waals surface area (Å²) in [6.45, 7) is 6.20. The number of rotatable bonds is 5. The molecule has 1 amide bonds. The summed E-state index contributed by atoms with van der Waals surface area (Å²) in [7, 11) is 3.59. The normalized spacial score (nSPS) is 11.6. The lowest BCUT2D eigenvalue weighted by Gasteiger charge is -2.19. The first-order valence-corrected chi connectivity index (χ1v) is 4.87. The molecule has 0 spiro atoms. The molecule has 0 aromatic carbocycles. The number of carbonyl (C=O) groups is 1. The molecule has 0 aromatic rings. The van der Waals surface area contributed by atoms with Crippen LogP contribution in [-0.2, 0) is 4.79 Å². The van der Waals surface area contributed by atoms with Gasteiger partial charge in [0, 0.05) is 27.1 Å². The average molecular weight is 205 g/mol. The predicted molar refractivity (Wildman–Crippen MR) is 57.7 cm³/mol. The maximum Gasteiger partial charge on any atom is 0.216 e. The highest BCUT2D eigenvalue weighted by molar-refractivity contribution is 5.72. The van der Waals surface area contributed by atoms with Crippen LogP contribution in [0.5, 0.6) is 0 Å². The zero-order chi connectivity index (χ0) is 11.6. The third-order valence-electron chi connectivity index (χ3n) is 1.45. The molecule has 0 aromatic heterocycles. The number of aliphatic hydroxyl groups is 1. The molecule has 3 N–H and O–H groups in total. The van der Waals surface area contributed by atoms with Crippen molar-refractivity contribution in [1.82, 2.24) is 15.8 Å². The molecule has 0 saturated heterocycles. The molecule has 0 aliphatic heterocycles. The number of hydrogen-bond donors (Lipinski definition) is 3. The number of carbonyl (C=O) groups excluding carboxylic acids is 1. The van der Waals surface area contributed by atoms with Gasteiger partial charge in [-0.15, -0.1) is 0 Å². The first-order valence-electron chi connectivity index (χ1n) is 4.87. The van der Waals surface area contributed by atoms with E-state index in [4.69, 9.17) is 0 Å². The second-order valence-electron chi connectivity index (χ2n) is 2.70. The number of amides is 1. The molecule has 1 atom stereocenters. The minimum Gasteiger partial charge on any atom is -0.390 e. The molecule has 0 aliphatic rings. The van der Waals surface area contributed by atoms with Gasteiger partial charge in [-0.25, -0.2) is 5.01 Å². The highest BCUT2D eigenvalue weighted by Crippen LogP contribution is 1.83. The van der Waals surface area contributed by atoms with Crippen LogP contribution in [0.3, 0.4) is 0 Å². The Bertz CT molecular complexity index is 142. The highest BCUT2D eigenvalue weighted by Gasteiger charge is 2.06. The van der Waals surface area contributed by atoms with Gasteiger partial charge in [0.1, 0.15) is 0 Å². The van der Waals surface area contributed by atoms with E-state index in [1.807, 2.05) is 20.9 Å². The molecule has 0 fully saturated rings. The van der Waals surface area contributed by atoms with E-state index < -0.39 is 6.10 Å². The summed E-state index contributed by atoms with van der Waals surface area (Å²) in [5.41, 5.74) is 2.84. The Morgan fingerprint density at radius 3 is 2.36 bits per heavy atom. The molecular formula is C9H23N3O2. The molecule has 14 heavy (non-hydrogen) atoms. The van der Waals surface area contributed by atoms with Gasteiger partial charge in [-0.1, -0.05) is 13.8 Å². The van der Waals surface area contributed by atoms with Gasteiger partial charge in [0.05, 0.1) is 6.10 Å². The largest absolute Gasteiger partial charge is 0.390 e. The van der Waals surface area contributed by atoms with Crippen molar-refractivity contribution < 1.29 is 9.90 Å². The third-order valence-corrected chi connectivity index (χ3v) is 1.45. The molecule has 86 valence electrons. The van der Waals surface area contributed by atoms with Gasteiger partial charge in [-0.2, -0.15) is 0 Å². The van der Waals surface area contributed by atoms with Crippen molar-refractivity contribution in [2.45, 2.75) is 26.9 Å². The van der Waals surface area contributed by atoms with Crippen molar-refractivity contribution in [3.05, 3.63) is 0 Å². The van der Waals surface area contributed by atoms with Crippen molar-refractivity contribution in [2.75, 3.05) is 27.2 Å². The van der Waals surface area contributed by atoms with Crippen LogP contribution in [0.4, 0.5) is 0 Å². The van der Waals surface area contributed by atoms with Crippen molar-refractivity contribution in [1.29, 1.82) is 0 Å². The molecule has 0 aliphatic carbocycles. The van der Waals surface area contributed by atoms with Crippen LogP contribution in [-0.4, -0.2) is 49.3 Å². The molecule has 0 saturated carbocycles. The van der Waals surface area contributed by atoms with Crippen LogP contribution >= 0.6 is 0 Å². The van der Waals surface area contributed by atoms with E-state index in [0.717, 1.165) is 0 Å². The summed E-state index contributed by atoms with van der Waals surface area (Å²) in [6.07, 6.45) is -0.536. The lowest BCUT2D eigenvalue weighted by Crippen LogP contribution is -2.42. The van der Waals surface area contributed by atoms with E-state index in [2.05, 4.69) is 10.7 Å². The molecule has 0 radical (unpaired) electrons. The van der Waals surface area contributed by atoms with Crippen LogP contribution in [0.15, 0.2) is 0 Å². The summed E-state index contributed by atoms with van der Waals surface area (Å²) in [5, 5.41) is 13.6. The van der Waals surface area contributed by atoms with E-state index in [9.17, 15) is 9.90 Å². The van der Waals surface area contributed by atoms with Crippen molar-refractivity contribution in [2.24, 2.45) is 0 Å². The standard InChI is InChI=1S/C7H17N3O2.C2H6/c1-6(11)9-4-7(12)5-10(3)8-2;1-2/h7-8,12H,4-5H2,1-3H3,(H,9,11);1-2H3. The number of nitrogens with zero attached hydrogens (tertiary/aromatic N) is 1. The fourth-order valence-electron chi connectivity index (χ4n) is 0.734. The summed E-state index contributed by atoms with van der Waals surface area (Å²) in [6, 6.07) is 0. The highest BCUT2D eigenvalue weighted by atomic mass is 16.3. The van der Waals surface area contributed by atoms with Crippen LogP contribution in [0, 0.1) is 0 Å². The van der Waals surface area contributed by atoms with Gasteiger partial charge in [-0.3, -0.25) is 10.2 Å². The predicted octanol–water partition coefficient (Wildman–Crippen LogP) is -0.424. The average Bonchev–Trinajstić information content (AvgIpc) is 2.17. The van der Waals surface area contributed by atoms with Gasteiger partial charge >= 0.3 is 0 Å². The second-order valence-corrected chi connectivity index (χ2v) is 2.70. The second kappa shape index (κ2) is 10.4.